The van der Waals surface area contributed by atoms with Crippen molar-refractivity contribution in [2.45, 2.75) is 26.9 Å². The topological polar surface area (TPSA) is 38.3 Å². The van der Waals surface area contributed by atoms with Crippen LogP contribution in [0, 0.1) is 19.7 Å². The van der Waals surface area contributed by atoms with E-state index in [1.807, 2.05) is 32.0 Å². The molecule has 2 aromatic rings. The van der Waals surface area contributed by atoms with Gasteiger partial charge in [-0.05, 0) is 50.6 Å². The molecule has 2 aromatic carbocycles. The van der Waals surface area contributed by atoms with Gasteiger partial charge in [-0.15, -0.1) is 0 Å². The molecule has 3 nitrogen and oxygen atoms in total. The largest absolute Gasteiger partial charge is 0.478 e. The summed E-state index contributed by atoms with van der Waals surface area (Å²) in [6.07, 6.45) is -0.809. The number of anilines is 1. The molecule has 0 saturated heterocycles. The lowest BCUT2D eigenvalue weighted by Crippen LogP contribution is -2.30. The van der Waals surface area contributed by atoms with Crippen LogP contribution in [0.3, 0.4) is 0 Å². The van der Waals surface area contributed by atoms with E-state index in [4.69, 9.17) is 4.74 Å². The molecule has 1 N–H and O–H groups in total. The smallest absolute Gasteiger partial charge is 0.265 e. The lowest BCUT2D eigenvalue weighted by Gasteiger charge is -2.16. The van der Waals surface area contributed by atoms with E-state index >= 15 is 0 Å². The van der Waals surface area contributed by atoms with Crippen LogP contribution in [0.25, 0.3) is 0 Å². The summed E-state index contributed by atoms with van der Waals surface area (Å²) in [4.78, 5) is 12.2. The van der Waals surface area contributed by atoms with Crippen LogP contribution in [0.15, 0.2) is 40.9 Å². The second-order valence-corrected chi connectivity index (χ2v) is 6.06. The van der Waals surface area contributed by atoms with Crippen molar-refractivity contribution in [3.63, 3.8) is 0 Å². The first-order valence-electron chi connectivity index (χ1n) is 6.86. The number of benzene rings is 2. The first-order valence-corrected chi connectivity index (χ1v) is 7.66. The van der Waals surface area contributed by atoms with Crippen LogP contribution in [-0.2, 0) is 4.79 Å². The number of carbonyl (C=O) groups is 1. The highest BCUT2D eigenvalue weighted by Gasteiger charge is 2.17. The Morgan fingerprint density at radius 1 is 1.23 bits per heavy atom. The molecule has 22 heavy (non-hydrogen) atoms. The summed E-state index contributed by atoms with van der Waals surface area (Å²) in [5, 5.41) is 2.79. The van der Waals surface area contributed by atoms with Gasteiger partial charge in [0.15, 0.2) is 17.7 Å². The summed E-state index contributed by atoms with van der Waals surface area (Å²) < 4.78 is 19.7. The van der Waals surface area contributed by atoms with E-state index in [9.17, 15) is 9.18 Å². The molecule has 0 aliphatic heterocycles. The summed E-state index contributed by atoms with van der Waals surface area (Å²) in [5.41, 5.74) is 2.81. The number of hydrogen-bond acceptors (Lipinski definition) is 2. The molecule has 0 fully saturated rings. The maximum Gasteiger partial charge on any atom is 0.265 e. The van der Waals surface area contributed by atoms with E-state index in [0.29, 0.717) is 4.47 Å². The Bertz CT molecular complexity index is 703. The molecule has 1 atom stereocenters. The molecule has 1 amide bonds. The Balaban J connectivity index is 2.05. The van der Waals surface area contributed by atoms with E-state index in [1.54, 1.807) is 13.0 Å². The van der Waals surface area contributed by atoms with E-state index in [-0.39, 0.29) is 11.7 Å². The number of carbonyl (C=O) groups excluding carboxylic acids is 1. The van der Waals surface area contributed by atoms with Gasteiger partial charge in [0.2, 0.25) is 0 Å². The Hall–Kier alpha value is -1.88. The second kappa shape index (κ2) is 6.92. The maximum atomic E-state index is 13.7. The lowest BCUT2D eigenvalue weighted by atomic mass is 10.1. The lowest BCUT2D eigenvalue weighted by molar-refractivity contribution is -0.122. The summed E-state index contributed by atoms with van der Waals surface area (Å²) >= 11 is 3.17. The molecule has 116 valence electrons. The first kappa shape index (κ1) is 16.5. The third-order valence-electron chi connectivity index (χ3n) is 3.21. The predicted octanol–water partition coefficient (Wildman–Crippen LogP) is 4.61. The number of ether oxygens (including phenoxy) is 1. The first-order chi connectivity index (χ1) is 10.4. The number of aryl methyl sites for hydroxylation is 2. The number of hydrogen-bond donors (Lipinski definition) is 1. The Morgan fingerprint density at radius 2 is 1.95 bits per heavy atom. The minimum atomic E-state index is -0.809. The van der Waals surface area contributed by atoms with Gasteiger partial charge in [0, 0.05) is 10.2 Å². The van der Waals surface area contributed by atoms with Crippen LogP contribution in [0.5, 0.6) is 5.75 Å². The van der Waals surface area contributed by atoms with Gasteiger partial charge in [-0.2, -0.15) is 0 Å². The van der Waals surface area contributed by atoms with Crippen LogP contribution in [0.1, 0.15) is 18.1 Å². The highest BCUT2D eigenvalue weighted by Crippen LogP contribution is 2.23. The molecule has 0 unspecified atom stereocenters. The van der Waals surface area contributed by atoms with Crippen molar-refractivity contribution in [2.24, 2.45) is 0 Å². The second-order valence-electron chi connectivity index (χ2n) is 5.14. The van der Waals surface area contributed by atoms with Crippen molar-refractivity contribution < 1.29 is 13.9 Å². The van der Waals surface area contributed by atoms with Gasteiger partial charge in [0.1, 0.15) is 0 Å². The number of halogens is 2. The third kappa shape index (κ3) is 4.07. The van der Waals surface area contributed by atoms with Crippen molar-refractivity contribution in [1.82, 2.24) is 0 Å². The van der Waals surface area contributed by atoms with Crippen LogP contribution in [-0.4, -0.2) is 12.0 Å². The Kier molecular flexibility index (Phi) is 5.19. The average Bonchev–Trinajstić information content (AvgIpc) is 2.44. The normalized spacial score (nSPS) is 11.9. The quantitative estimate of drug-likeness (QED) is 0.858. The van der Waals surface area contributed by atoms with E-state index in [0.717, 1.165) is 16.8 Å². The van der Waals surface area contributed by atoms with E-state index in [1.165, 1.54) is 12.1 Å². The van der Waals surface area contributed by atoms with Gasteiger partial charge >= 0.3 is 0 Å². The van der Waals surface area contributed by atoms with Crippen LogP contribution >= 0.6 is 15.9 Å². The number of nitrogens with one attached hydrogen (secondary N) is 1. The van der Waals surface area contributed by atoms with Crippen LogP contribution in [0.2, 0.25) is 0 Å². The molecular weight excluding hydrogens is 349 g/mol. The number of rotatable bonds is 4. The molecular formula is C17H17BrFNO2. The fourth-order valence-electron chi connectivity index (χ4n) is 2.00. The van der Waals surface area contributed by atoms with Crippen molar-refractivity contribution in [2.75, 3.05) is 5.32 Å². The fourth-order valence-corrected chi connectivity index (χ4v) is 2.34. The van der Waals surface area contributed by atoms with Crippen molar-refractivity contribution in [3.05, 3.63) is 57.8 Å². The van der Waals surface area contributed by atoms with Crippen molar-refractivity contribution in [3.8, 4) is 5.75 Å². The molecule has 5 heteroatoms. The van der Waals surface area contributed by atoms with Gasteiger partial charge in [-0.1, -0.05) is 33.6 Å². The molecule has 0 bridgehead atoms. The van der Waals surface area contributed by atoms with Gasteiger partial charge in [0.25, 0.3) is 5.91 Å². The SMILES string of the molecule is Cc1ccc(NC(=O)[C@@H](C)Oc2ccc(Br)cc2F)c(C)c1. The average molecular weight is 366 g/mol. The predicted molar refractivity (Wildman–Crippen MR) is 88.7 cm³/mol. The zero-order valence-corrected chi connectivity index (χ0v) is 14.2. The summed E-state index contributed by atoms with van der Waals surface area (Å²) in [7, 11) is 0. The standard InChI is InChI=1S/C17H17BrFNO2/c1-10-4-6-15(11(2)8-10)20-17(21)12(3)22-16-7-5-13(18)9-14(16)19/h4-9,12H,1-3H3,(H,20,21)/t12-/m1/s1. The summed E-state index contributed by atoms with van der Waals surface area (Å²) in [6.45, 7) is 5.49. The monoisotopic (exact) mass is 365 g/mol. The molecule has 0 aromatic heterocycles. The molecule has 2 rings (SSSR count). The maximum absolute atomic E-state index is 13.7. The highest BCUT2D eigenvalue weighted by molar-refractivity contribution is 9.10. The zero-order valence-electron chi connectivity index (χ0n) is 12.6. The van der Waals surface area contributed by atoms with Gasteiger partial charge < -0.3 is 10.1 Å². The minimum Gasteiger partial charge on any atom is -0.478 e. The fraction of sp³-hybridized carbons (Fsp3) is 0.235. The van der Waals surface area contributed by atoms with E-state index in [2.05, 4.69) is 21.2 Å². The summed E-state index contributed by atoms with van der Waals surface area (Å²) in [6, 6.07) is 10.2. The van der Waals surface area contributed by atoms with E-state index < -0.39 is 11.9 Å². The molecule has 0 spiro atoms. The van der Waals surface area contributed by atoms with Crippen molar-refractivity contribution in [1.29, 1.82) is 0 Å². The number of amides is 1. The third-order valence-corrected chi connectivity index (χ3v) is 3.70. The van der Waals surface area contributed by atoms with Gasteiger partial charge in [-0.25, -0.2) is 4.39 Å². The van der Waals surface area contributed by atoms with Gasteiger partial charge in [-0.3, -0.25) is 4.79 Å². The minimum absolute atomic E-state index is 0.0477. The zero-order chi connectivity index (χ0) is 16.3. The molecule has 0 aliphatic carbocycles. The molecule has 0 aliphatic rings. The van der Waals surface area contributed by atoms with Gasteiger partial charge in [0.05, 0.1) is 0 Å². The van der Waals surface area contributed by atoms with Crippen molar-refractivity contribution >= 4 is 27.5 Å². The Morgan fingerprint density at radius 3 is 2.59 bits per heavy atom. The van der Waals surface area contributed by atoms with Crippen LogP contribution in [0.4, 0.5) is 10.1 Å². The molecule has 0 radical (unpaired) electrons. The molecule has 0 saturated carbocycles. The molecule has 0 heterocycles. The van der Waals surface area contributed by atoms with Crippen LogP contribution < -0.4 is 10.1 Å². The highest BCUT2D eigenvalue weighted by atomic mass is 79.9. The Labute approximate surface area is 137 Å². The summed E-state index contributed by atoms with van der Waals surface area (Å²) in [5.74, 6) is -0.790.